The van der Waals surface area contributed by atoms with Crippen LogP contribution in [-0.2, 0) is 22.5 Å². The van der Waals surface area contributed by atoms with Gasteiger partial charge in [-0.3, -0.25) is 9.78 Å². The summed E-state index contributed by atoms with van der Waals surface area (Å²) in [5.41, 5.74) is 7.76. The summed E-state index contributed by atoms with van der Waals surface area (Å²) in [6.07, 6.45) is 3.14. The number of carbonyl (C=O) groups excluding carboxylic acids is 1. The fraction of sp³-hybridized carbons (Fsp3) is 0.538. The zero-order valence-corrected chi connectivity index (χ0v) is 11.0. The third kappa shape index (κ3) is 4.43. The van der Waals surface area contributed by atoms with Crippen molar-refractivity contribution in [3.8, 4) is 0 Å². The van der Waals surface area contributed by atoms with Crippen LogP contribution in [0.4, 0.5) is 0 Å². The van der Waals surface area contributed by atoms with Gasteiger partial charge < -0.3 is 15.8 Å². The first kappa shape index (κ1) is 14.6. The van der Waals surface area contributed by atoms with Gasteiger partial charge in [0.15, 0.2) is 0 Å². The van der Waals surface area contributed by atoms with Crippen molar-refractivity contribution in [3.05, 3.63) is 29.6 Å². The van der Waals surface area contributed by atoms with E-state index < -0.39 is 6.04 Å². The van der Waals surface area contributed by atoms with Crippen LogP contribution in [0.15, 0.2) is 18.3 Å². The van der Waals surface area contributed by atoms with Gasteiger partial charge in [-0.05, 0) is 24.5 Å². The Kier molecular flexibility index (Phi) is 6.32. The Morgan fingerprint density at radius 2 is 2.39 bits per heavy atom. The topological polar surface area (TPSA) is 77.2 Å². The van der Waals surface area contributed by atoms with E-state index >= 15 is 0 Å². The number of hydrogen-bond donors (Lipinski definition) is 2. The molecule has 1 heterocycles. The van der Waals surface area contributed by atoms with Crippen molar-refractivity contribution in [3.63, 3.8) is 0 Å². The molecule has 0 bridgehead atoms. The minimum Gasteiger partial charge on any atom is -0.385 e. The minimum absolute atomic E-state index is 0.167. The highest BCUT2D eigenvalue weighted by molar-refractivity contribution is 5.81. The molecule has 0 aliphatic carbocycles. The van der Waals surface area contributed by atoms with E-state index in [2.05, 4.69) is 17.2 Å². The number of hydrogen-bond acceptors (Lipinski definition) is 4. The van der Waals surface area contributed by atoms with Crippen molar-refractivity contribution in [1.82, 2.24) is 10.3 Å². The van der Waals surface area contributed by atoms with Gasteiger partial charge in [0.05, 0.1) is 18.3 Å². The van der Waals surface area contributed by atoms with Gasteiger partial charge in [0, 0.05) is 19.9 Å². The first-order valence-electron chi connectivity index (χ1n) is 6.14. The summed E-state index contributed by atoms with van der Waals surface area (Å²) in [7, 11) is 1.59. The summed E-state index contributed by atoms with van der Waals surface area (Å²) in [5, 5.41) is 2.80. The van der Waals surface area contributed by atoms with Gasteiger partial charge in [-0.15, -0.1) is 0 Å². The number of nitrogens with one attached hydrogen (secondary N) is 1. The lowest BCUT2D eigenvalue weighted by Gasteiger charge is -2.12. The average Bonchev–Trinajstić information content (AvgIpc) is 2.42. The molecule has 18 heavy (non-hydrogen) atoms. The van der Waals surface area contributed by atoms with Gasteiger partial charge in [-0.1, -0.05) is 13.0 Å². The number of aromatic nitrogens is 1. The van der Waals surface area contributed by atoms with Crippen LogP contribution in [0.25, 0.3) is 0 Å². The molecule has 1 rings (SSSR count). The van der Waals surface area contributed by atoms with Crippen molar-refractivity contribution < 1.29 is 9.53 Å². The number of ether oxygens (including phenoxy) is 1. The quantitative estimate of drug-likeness (QED) is 0.745. The highest BCUT2D eigenvalue weighted by atomic mass is 16.5. The first-order valence-corrected chi connectivity index (χ1v) is 6.14. The lowest BCUT2D eigenvalue weighted by atomic mass is 10.1. The molecule has 0 spiro atoms. The molecule has 1 amide bonds. The fourth-order valence-corrected chi connectivity index (χ4v) is 1.63. The van der Waals surface area contributed by atoms with Crippen LogP contribution in [0.3, 0.4) is 0 Å². The summed E-state index contributed by atoms with van der Waals surface area (Å²) < 4.78 is 4.89. The summed E-state index contributed by atoms with van der Waals surface area (Å²) in [4.78, 5) is 16.0. The number of rotatable bonds is 7. The number of amides is 1. The molecule has 0 aliphatic heterocycles. The zero-order valence-electron chi connectivity index (χ0n) is 11.0. The minimum atomic E-state index is -0.529. The Balaban J connectivity index is 2.46. The van der Waals surface area contributed by atoms with Gasteiger partial charge in [-0.25, -0.2) is 0 Å². The maximum absolute atomic E-state index is 11.7. The lowest BCUT2D eigenvalue weighted by Crippen LogP contribution is -2.41. The summed E-state index contributed by atoms with van der Waals surface area (Å²) in [5.74, 6) is -0.167. The molecule has 0 saturated heterocycles. The number of nitrogens with two attached hydrogens (primary N) is 1. The van der Waals surface area contributed by atoms with Crippen molar-refractivity contribution in [2.24, 2.45) is 5.73 Å². The standard InChI is InChI=1S/C13H21N3O2/c1-3-10-5-4-7-15-12(10)9-16-13(17)11(14)6-8-18-2/h4-5,7,11H,3,6,8-9,14H2,1-2H3,(H,16,17). The fourth-order valence-electron chi connectivity index (χ4n) is 1.63. The van der Waals surface area contributed by atoms with Gasteiger partial charge in [0.25, 0.3) is 0 Å². The highest BCUT2D eigenvalue weighted by Gasteiger charge is 2.13. The molecule has 0 fully saturated rings. The third-order valence-corrected chi connectivity index (χ3v) is 2.77. The molecular formula is C13H21N3O2. The van der Waals surface area contributed by atoms with Crippen molar-refractivity contribution in [2.45, 2.75) is 32.4 Å². The van der Waals surface area contributed by atoms with Gasteiger partial charge in [0.2, 0.25) is 5.91 Å². The lowest BCUT2D eigenvalue weighted by molar-refractivity contribution is -0.122. The van der Waals surface area contributed by atoms with Crippen LogP contribution in [-0.4, -0.2) is 30.6 Å². The van der Waals surface area contributed by atoms with E-state index in [1.807, 2.05) is 12.1 Å². The molecule has 5 nitrogen and oxygen atoms in total. The van der Waals surface area contributed by atoms with Crippen molar-refractivity contribution >= 4 is 5.91 Å². The molecule has 0 saturated carbocycles. The van der Waals surface area contributed by atoms with Crippen LogP contribution < -0.4 is 11.1 Å². The molecule has 0 aromatic carbocycles. The molecule has 3 N–H and O–H groups in total. The van der Waals surface area contributed by atoms with Crippen LogP contribution in [0.5, 0.6) is 0 Å². The van der Waals surface area contributed by atoms with E-state index in [-0.39, 0.29) is 5.91 Å². The van der Waals surface area contributed by atoms with Crippen LogP contribution >= 0.6 is 0 Å². The van der Waals surface area contributed by atoms with Crippen molar-refractivity contribution in [2.75, 3.05) is 13.7 Å². The normalized spacial score (nSPS) is 12.2. The molecule has 100 valence electrons. The maximum atomic E-state index is 11.7. The number of nitrogens with zero attached hydrogens (tertiary/aromatic N) is 1. The SMILES string of the molecule is CCc1cccnc1CNC(=O)C(N)CCOC. The van der Waals surface area contributed by atoms with Gasteiger partial charge in [0.1, 0.15) is 0 Å². The Morgan fingerprint density at radius 3 is 3.06 bits per heavy atom. The van der Waals surface area contributed by atoms with E-state index in [4.69, 9.17) is 10.5 Å². The first-order chi connectivity index (χ1) is 8.69. The smallest absolute Gasteiger partial charge is 0.237 e. The average molecular weight is 251 g/mol. The highest BCUT2D eigenvalue weighted by Crippen LogP contribution is 2.05. The molecular weight excluding hydrogens is 230 g/mol. The Bertz CT molecular complexity index is 382. The van der Waals surface area contributed by atoms with E-state index in [1.54, 1.807) is 13.3 Å². The number of methoxy groups -OCH3 is 1. The predicted octanol–water partition coefficient (Wildman–Crippen LogP) is 0.624. The second-order valence-electron chi connectivity index (χ2n) is 4.07. The Morgan fingerprint density at radius 1 is 1.61 bits per heavy atom. The molecule has 0 aliphatic rings. The molecule has 1 aromatic rings. The monoisotopic (exact) mass is 251 g/mol. The van der Waals surface area contributed by atoms with Crippen LogP contribution in [0, 0.1) is 0 Å². The Labute approximate surface area is 108 Å². The van der Waals surface area contributed by atoms with Gasteiger partial charge >= 0.3 is 0 Å². The van der Waals surface area contributed by atoms with Crippen LogP contribution in [0.2, 0.25) is 0 Å². The molecule has 1 unspecified atom stereocenters. The van der Waals surface area contributed by atoms with E-state index in [0.29, 0.717) is 19.6 Å². The number of carbonyl (C=O) groups is 1. The molecule has 1 atom stereocenters. The second kappa shape index (κ2) is 7.79. The van der Waals surface area contributed by atoms with E-state index in [9.17, 15) is 4.79 Å². The Hall–Kier alpha value is -1.46. The predicted molar refractivity (Wildman–Crippen MR) is 69.9 cm³/mol. The molecule has 1 aromatic heterocycles. The van der Waals surface area contributed by atoms with E-state index in [1.165, 1.54) is 0 Å². The molecule has 5 heteroatoms. The molecule has 0 radical (unpaired) electrons. The summed E-state index contributed by atoms with van der Waals surface area (Å²) in [6.45, 7) is 2.97. The third-order valence-electron chi connectivity index (χ3n) is 2.77. The van der Waals surface area contributed by atoms with Crippen LogP contribution in [0.1, 0.15) is 24.6 Å². The number of aryl methyl sites for hydroxylation is 1. The van der Waals surface area contributed by atoms with E-state index in [0.717, 1.165) is 17.7 Å². The maximum Gasteiger partial charge on any atom is 0.237 e. The second-order valence-corrected chi connectivity index (χ2v) is 4.07. The number of pyridine rings is 1. The summed E-state index contributed by atoms with van der Waals surface area (Å²) >= 11 is 0. The largest absolute Gasteiger partial charge is 0.385 e. The van der Waals surface area contributed by atoms with Crippen molar-refractivity contribution in [1.29, 1.82) is 0 Å². The zero-order chi connectivity index (χ0) is 13.4. The summed E-state index contributed by atoms with van der Waals surface area (Å²) in [6, 6.07) is 3.38. The van der Waals surface area contributed by atoms with Gasteiger partial charge in [-0.2, -0.15) is 0 Å².